The van der Waals surface area contributed by atoms with Gasteiger partial charge in [-0.2, -0.15) is 0 Å². The zero-order valence-corrected chi connectivity index (χ0v) is 6.36. The van der Waals surface area contributed by atoms with Gasteiger partial charge in [0.1, 0.15) is 0 Å². The molecule has 0 rings (SSSR count). The zero-order chi connectivity index (χ0) is 4.99. The molecule has 28 valence electrons. The Labute approximate surface area is 56.4 Å². The Kier molecular flexibility index (Phi) is 3.96. The van der Waals surface area contributed by atoms with E-state index in [1.165, 1.54) is 0 Å². The first-order chi connectivity index (χ1) is 2.77. The van der Waals surface area contributed by atoms with Crippen LogP contribution < -0.4 is 0 Å². The van der Waals surface area contributed by atoms with Crippen LogP contribution in [0.4, 0.5) is 0 Å². The van der Waals surface area contributed by atoms with Crippen LogP contribution in [0.3, 0.4) is 0 Å². The van der Waals surface area contributed by atoms with Gasteiger partial charge in [-0.15, -0.1) is 0 Å². The summed E-state index contributed by atoms with van der Waals surface area (Å²) >= 11 is 1.15. The fraction of sp³-hybridized carbons (Fsp3) is 0.200. The van der Waals surface area contributed by atoms with Crippen molar-refractivity contribution in [2.75, 3.05) is 0 Å². The molecule has 0 fully saturated rings. The van der Waals surface area contributed by atoms with Crippen LogP contribution in [-0.4, -0.2) is 27.9 Å². The van der Waals surface area contributed by atoms with Crippen LogP contribution in [0.1, 0.15) is 6.92 Å². The first-order valence-corrected chi connectivity index (χ1v) is 3.21. The Hall–Kier alpha value is 0.480. The van der Waals surface area contributed by atoms with Crippen molar-refractivity contribution in [2.45, 2.75) is 6.92 Å². The van der Waals surface area contributed by atoms with Crippen molar-refractivity contribution in [1.29, 1.82) is 0 Å². The summed E-state index contributed by atoms with van der Waals surface area (Å²) in [6.45, 7) is 5.67. The Morgan fingerprint density at radius 1 is 1.83 bits per heavy atom. The molecule has 0 saturated carbocycles. The summed E-state index contributed by atoms with van der Waals surface area (Å²) in [7, 11) is 0. The molecule has 0 nitrogen and oxygen atoms in total. The summed E-state index contributed by atoms with van der Waals surface area (Å²) in [6, 6.07) is 0. The van der Waals surface area contributed by atoms with Gasteiger partial charge in [0.15, 0.2) is 0 Å². The number of hydrogen-bond acceptors (Lipinski definition) is 0. The molecule has 0 aliphatic heterocycles. The third kappa shape index (κ3) is 4.48. The maximum absolute atomic E-state index is 3.68. The Balaban J connectivity index is 3.30. The van der Waals surface area contributed by atoms with Gasteiger partial charge in [-0.3, -0.25) is 0 Å². The Bertz CT molecular complexity index is 72.0. The second kappa shape index (κ2) is 3.66. The van der Waals surface area contributed by atoms with Gasteiger partial charge >= 0.3 is 56.4 Å². The van der Waals surface area contributed by atoms with Crippen molar-refractivity contribution in [3.05, 3.63) is 21.6 Å². The van der Waals surface area contributed by atoms with Gasteiger partial charge in [0.2, 0.25) is 0 Å². The second-order valence-electron chi connectivity index (χ2n) is 1.35. The quantitative estimate of drug-likeness (QED) is 0.335. The van der Waals surface area contributed by atoms with E-state index in [1.54, 1.807) is 0 Å². The van der Waals surface area contributed by atoms with Crippen molar-refractivity contribution >= 4 is 27.9 Å². The SMILES string of the molecule is C=C(C)C=[CH][Na]. The monoisotopic (exact) mass is 90.0 g/mol. The first-order valence-electron chi connectivity index (χ1n) is 2.05. The van der Waals surface area contributed by atoms with Gasteiger partial charge in [-0.05, 0) is 0 Å². The molecule has 0 aromatic rings. The molecule has 0 aliphatic rings. The predicted molar refractivity (Wildman–Crippen MR) is 29.7 cm³/mol. The van der Waals surface area contributed by atoms with Crippen LogP contribution in [0.15, 0.2) is 21.6 Å². The van der Waals surface area contributed by atoms with Crippen LogP contribution in [0.2, 0.25) is 0 Å². The molecule has 0 N–H and O–H groups in total. The molecule has 0 aromatic heterocycles. The topological polar surface area (TPSA) is 0 Å². The molecular weight excluding hydrogens is 83.0 g/mol. The number of rotatable bonds is 1. The van der Waals surface area contributed by atoms with Gasteiger partial charge in [-0.25, -0.2) is 0 Å². The zero-order valence-electron chi connectivity index (χ0n) is 4.36. The van der Waals surface area contributed by atoms with E-state index in [0.29, 0.717) is 0 Å². The summed E-state index contributed by atoms with van der Waals surface area (Å²) < 4.78 is 2.11. The fourth-order valence-corrected chi connectivity index (χ4v) is 0.854. The molecule has 0 aliphatic carbocycles. The second-order valence-corrected chi connectivity index (χ2v) is 2.01. The standard InChI is InChI=1S/C5H7.Na/c1-4-5(2)3;/h1,4H,2H2,3H3;. The molecule has 0 saturated heterocycles. The van der Waals surface area contributed by atoms with Crippen LogP contribution in [-0.2, 0) is 0 Å². The summed E-state index contributed by atoms with van der Waals surface area (Å²) in [4.78, 5) is 0. The van der Waals surface area contributed by atoms with E-state index < -0.39 is 0 Å². The van der Waals surface area contributed by atoms with E-state index in [9.17, 15) is 0 Å². The van der Waals surface area contributed by atoms with E-state index in [4.69, 9.17) is 0 Å². The first kappa shape index (κ1) is 6.48. The van der Waals surface area contributed by atoms with Crippen molar-refractivity contribution in [3.63, 3.8) is 0 Å². The predicted octanol–water partition coefficient (Wildman–Crippen LogP) is 1.24. The minimum atomic E-state index is 1.14. The fourth-order valence-electron chi connectivity index (χ4n) is 0.285. The van der Waals surface area contributed by atoms with Crippen LogP contribution >= 0.6 is 0 Å². The van der Waals surface area contributed by atoms with Gasteiger partial charge < -0.3 is 0 Å². The normalized spacial score (nSPS) is 9.83. The molecule has 0 atom stereocenters. The molecule has 0 radical (unpaired) electrons. The average Bonchev–Trinajstić information content (AvgIpc) is 1.35. The van der Waals surface area contributed by atoms with E-state index >= 15 is 0 Å². The van der Waals surface area contributed by atoms with E-state index in [0.717, 1.165) is 33.5 Å². The molecule has 0 heterocycles. The van der Waals surface area contributed by atoms with Crippen LogP contribution in [0, 0.1) is 0 Å². The maximum atomic E-state index is 3.68. The molecule has 1 heteroatoms. The van der Waals surface area contributed by atoms with Gasteiger partial charge in [0.25, 0.3) is 0 Å². The third-order valence-corrected chi connectivity index (χ3v) is 0.785. The van der Waals surface area contributed by atoms with Crippen molar-refractivity contribution < 1.29 is 0 Å². The Morgan fingerprint density at radius 3 is 2.33 bits per heavy atom. The molecule has 0 spiro atoms. The van der Waals surface area contributed by atoms with Crippen molar-refractivity contribution in [2.24, 2.45) is 0 Å². The summed E-state index contributed by atoms with van der Waals surface area (Å²) in [5.41, 5.74) is 1.14. The van der Waals surface area contributed by atoms with E-state index in [-0.39, 0.29) is 0 Å². The molecular formula is C5H7Na. The Morgan fingerprint density at radius 2 is 2.33 bits per heavy atom. The number of hydrogen-bond donors (Lipinski definition) is 0. The summed E-state index contributed by atoms with van der Waals surface area (Å²) in [5, 5.41) is 0. The molecule has 6 heavy (non-hydrogen) atoms. The third-order valence-electron chi connectivity index (χ3n) is 0.451. The van der Waals surface area contributed by atoms with E-state index in [2.05, 4.69) is 9.90 Å². The average molecular weight is 90.1 g/mol. The molecule has 0 aromatic carbocycles. The molecule has 0 bridgehead atoms. The summed E-state index contributed by atoms with van der Waals surface area (Å²) in [5.74, 6) is 0. The minimum absolute atomic E-state index is 1.14. The molecule has 0 amide bonds. The van der Waals surface area contributed by atoms with Crippen molar-refractivity contribution in [1.82, 2.24) is 0 Å². The summed E-state index contributed by atoms with van der Waals surface area (Å²) in [6.07, 6.45) is 2.03. The number of allylic oxidation sites excluding steroid dienone is 2. The van der Waals surface area contributed by atoms with Crippen LogP contribution in [0.5, 0.6) is 0 Å². The van der Waals surface area contributed by atoms with Gasteiger partial charge in [0.05, 0.1) is 0 Å². The van der Waals surface area contributed by atoms with Gasteiger partial charge in [-0.1, -0.05) is 0 Å². The molecule has 0 unspecified atom stereocenters. The van der Waals surface area contributed by atoms with Gasteiger partial charge in [0, 0.05) is 0 Å². The van der Waals surface area contributed by atoms with Crippen LogP contribution in [0.25, 0.3) is 0 Å². The van der Waals surface area contributed by atoms with E-state index in [1.807, 2.05) is 13.0 Å². The van der Waals surface area contributed by atoms with Crippen molar-refractivity contribution in [3.8, 4) is 0 Å².